The summed E-state index contributed by atoms with van der Waals surface area (Å²) >= 11 is 1.56. The summed E-state index contributed by atoms with van der Waals surface area (Å²) in [5, 5.41) is 0. The molecule has 9 heteroatoms. The average Bonchev–Trinajstić information content (AvgIpc) is 2.84. The van der Waals surface area contributed by atoms with Crippen LogP contribution in [0.1, 0.15) is 13.8 Å². The summed E-state index contributed by atoms with van der Waals surface area (Å²) in [7, 11) is -3.94. The van der Waals surface area contributed by atoms with Gasteiger partial charge < -0.3 is 4.74 Å². The van der Waals surface area contributed by atoms with Crippen molar-refractivity contribution in [2.75, 3.05) is 11.5 Å². The number of nitrogens with one attached hydrogen (secondary N) is 1. The second-order valence-corrected chi connectivity index (χ2v) is 10.8. The van der Waals surface area contributed by atoms with Gasteiger partial charge in [-0.15, -0.1) is 0 Å². The molecule has 0 aliphatic carbocycles. The highest BCUT2D eigenvalue weighted by molar-refractivity contribution is 7.99. The van der Waals surface area contributed by atoms with Crippen molar-refractivity contribution in [3.05, 3.63) is 78.9 Å². The Labute approximate surface area is 203 Å². The van der Waals surface area contributed by atoms with Crippen LogP contribution < -0.4 is 9.62 Å². The van der Waals surface area contributed by atoms with E-state index in [1.165, 1.54) is 17.0 Å². The van der Waals surface area contributed by atoms with E-state index in [9.17, 15) is 18.0 Å². The SMILES string of the molecule is CC(C)C(NS(=O)(=O)c1ccccc1)C(=O)OCC(=O)N1c2ccccc2Sc2ccccc21. The van der Waals surface area contributed by atoms with Crippen molar-refractivity contribution >= 4 is 45.0 Å². The van der Waals surface area contributed by atoms with E-state index in [0.29, 0.717) is 11.4 Å². The fourth-order valence-corrected chi connectivity index (χ4v) is 5.96. The Bertz CT molecular complexity index is 1260. The highest BCUT2D eigenvalue weighted by Gasteiger charge is 2.32. The Hall–Kier alpha value is -3.14. The Balaban J connectivity index is 1.51. The molecule has 0 aromatic heterocycles. The topological polar surface area (TPSA) is 92.8 Å². The molecule has 0 spiro atoms. The smallest absolute Gasteiger partial charge is 0.324 e. The lowest BCUT2D eigenvalue weighted by atomic mass is 10.1. The number of sulfonamides is 1. The lowest BCUT2D eigenvalue weighted by Crippen LogP contribution is -2.46. The number of fused-ring (bicyclic) bond motifs is 2. The molecule has 0 radical (unpaired) electrons. The van der Waals surface area contributed by atoms with Gasteiger partial charge in [0.25, 0.3) is 5.91 Å². The molecule has 1 heterocycles. The molecule has 3 aromatic carbocycles. The Morgan fingerprint density at radius 2 is 1.41 bits per heavy atom. The fraction of sp³-hybridized carbons (Fsp3) is 0.200. The largest absolute Gasteiger partial charge is 0.454 e. The van der Waals surface area contributed by atoms with E-state index >= 15 is 0 Å². The van der Waals surface area contributed by atoms with Crippen molar-refractivity contribution in [1.29, 1.82) is 0 Å². The summed E-state index contributed by atoms with van der Waals surface area (Å²) in [6.45, 7) is 2.88. The summed E-state index contributed by atoms with van der Waals surface area (Å²) in [4.78, 5) is 29.5. The molecule has 1 atom stereocenters. The number of benzene rings is 3. The highest BCUT2D eigenvalue weighted by atomic mass is 32.2. The number of anilines is 2. The third-order valence-corrected chi connectivity index (χ3v) is 7.86. The van der Waals surface area contributed by atoms with Crippen LogP contribution in [-0.2, 0) is 24.3 Å². The number of ether oxygens (including phenoxy) is 1. The zero-order valence-corrected chi connectivity index (χ0v) is 20.3. The van der Waals surface area contributed by atoms with Crippen LogP contribution >= 0.6 is 11.8 Å². The number of para-hydroxylation sites is 2. The summed E-state index contributed by atoms with van der Waals surface area (Å²) < 4.78 is 33.2. The van der Waals surface area contributed by atoms with Gasteiger partial charge in [-0.05, 0) is 42.3 Å². The van der Waals surface area contributed by atoms with Gasteiger partial charge in [-0.2, -0.15) is 4.72 Å². The van der Waals surface area contributed by atoms with Crippen LogP contribution in [0.4, 0.5) is 11.4 Å². The van der Waals surface area contributed by atoms with E-state index in [-0.39, 0.29) is 4.90 Å². The quantitative estimate of drug-likeness (QED) is 0.489. The first kappa shape index (κ1) is 24.0. The molecule has 1 unspecified atom stereocenters. The van der Waals surface area contributed by atoms with Crippen LogP contribution in [-0.4, -0.2) is 32.9 Å². The van der Waals surface area contributed by atoms with E-state index in [1.807, 2.05) is 48.5 Å². The zero-order valence-electron chi connectivity index (χ0n) is 18.7. The third-order valence-electron chi connectivity index (χ3n) is 5.28. The molecule has 0 bridgehead atoms. The number of hydrogen-bond acceptors (Lipinski definition) is 6. The van der Waals surface area contributed by atoms with Crippen molar-refractivity contribution in [3.63, 3.8) is 0 Å². The van der Waals surface area contributed by atoms with Crippen LogP contribution in [0.2, 0.25) is 0 Å². The van der Waals surface area contributed by atoms with E-state index < -0.39 is 40.5 Å². The first-order valence-corrected chi connectivity index (χ1v) is 13.0. The number of rotatable bonds is 7. The van der Waals surface area contributed by atoms with Gasteiger partial charge in [-0.25, -0.2) is 8.42 Å². The average molecular weight is 497 g/mol. The summed E-state index contributed by atoms with van der Waals surface area (Å²) in [5.74, 6) is -1.63. The molecular weight excluding hydrogens is 472 g/mol. The molecule has 3 aromatic rings. The number of esters is 1. The van der Waals surface area contributed by atoms with E-state index in [1.54, 1.807) is 43.8 Å². The van der Waals surface area contributed by atoms with Crippen molar-refractivity contribution < 1.29 is 22.7 Å². The van der Waals surface area contributed by atoms with Gasteiger partial charge in [0, 0.05) is 9.79 Å². The molecule has 0 saturated carbocycles. The van der Waals surface area contributed by atoms with Crippen LogP contribution in [0.25, 0.3) is 0 Å². The maximum atomic E-state index is 13.2. The lowest BCUT2D eigenvalue weighted by Gasteiger charge is -2.31. The molecule has 4 rings (SSSR count). The van der Waals surface area contributed by atoms with Gasteiger partial charge in [0.1, 0.15) is 6.04 Å². The maximum Gasteiger partial charge on any atom is 0.324 e. The van der Waals surface area contributed by atoms with Gasteiger partial charge in [0.15, 0.2) is 6.61 Å². The zero-order chi connectivity index (χ0) is 24.3. The number of amides is 1. The van der Waals surface area contributed by atoms with Crippen molar-refractivity contribution in [3.8, 4) is 0 Å². The van der Waals surface area contributed by atoms with Crippen LogP contribution in [0, 0.1) is 5.92 Å². The lowest BCUT2D eigenvalue weighted by molar-refractivity contribution is -0.150. The van der Waals surface area contributed by atoms with Crippen molar-refractivity contribution in [1.82, 2.24) is 4.72 Å². The molecule has 0 saturated heterocycles. The predicted molar refractivity (Wildman–Crippen MR) is 131 cm³/mol. The van der Waals surface area contributed by atoms with E-state index in [0.717, 1.165) is 9.79 Å². The number of hydrogen-bond donors (Lipinski definition) is 1. The van der Waals surface area contributed by atoms with Gasteiger partial charge in [-0.3, -0.25) is 14.5 Å². The fourth-order valence-electron chi connectivity index (χ4n) is 3.55. The number of carbonyl (C=O) groups is 2. The minimum atomic E-state index is -3.94. The summed E-state index contributed by atoms with van der Waals surface area (Å²) in [6.07, 6.45) is 0. The Morgan fingerprint density at radius 1 is 0.882 bits per heavy atom. The minimum absolute atomic E-state index is 0.0450. The third kappa shape index (κ3) is 5.01. The van der Waals surface area contributed by atoms with Gasteiger partial charge >= 0.3 is 5.97 Å². The van der Waals surface area contributed by atoms with Gasteiger partial charge in [-0.1, -0.05) is 68.1 Å². The van der Waals surface area contributed by atoms with Crippen molar-refractivity contribution in [2.24, 2.45) is 5.92 Å². The first-order chi connectivity index (χ1) is 16.3. The highest BCUT2D eigenvalue weighted by Crippen LogP contribution is 2.47. The number of carbonyl (C=O) groups excluding carboxylic acids is 2. The Kier molecular flexibility index (Phi) is 7.06. The maximum absolute atomic E-state index is 13.2. The van der Waals surface area contributed by atoms with Crippen LogP contribution in [0.5, 0.6) is 0 Å². The second kappa shape index (κ2) is 10.0. The minimum Gasteiger partial charge on any atom is -0.454 e. The van der Waals surface area contributed by atoms with E-state index in [4.69, 9.17) is 4.74 Å². The van der Waals surface area contributed by atoms with Crippen LogP contribution in [0.3, 0.4) is 0 Å². The molecule has 1 amide bonds. The standard InChI is InChI=1S/C25H24N2O5S2/c1-17(2)24(26-34(30,31)18-10-4-3-5-11-18)25(29)32-16-23(28)27-19-12-6-8-14-21(19)33-22-15-9-7-13-20(22)27/h3-15,17,24,26H,16H2,1-2H3. The molecule has 1 N–H and O–H groups in total. The summed E-state index contributed by atoms with van der Waals surface area (Å²) in [5.41, 5.74) is 1.41. The first-order valence-electron chi connectivity index (χ1n) is 10.7. The van der Waals surface area contributed by atoms with Crippen molar-refractivity contribution in [2.45, 2.75) is 34.6 Å². The van der Waals surface area contributed by atoms with E-state index in [2.05, 4.69) is 4.72 Å². The normalized spacial score (nSPS) is 13.7. The molecule has 7 nitrogen and oxygen atoms in total. The second-order valence-electron chi connectivity index (χ2n) is 8.03. The monoisotopic (exact) mass is 496 g/mol. The Morgan fingerprint density at radius 3 is 1.97 bits per heavy atom. The van der Waals surface area contributed by atoms with Gasteiger partial charge in [0.2, 0.25) is 10.0 Å². The molecule has 1 aliphatic heterocycles. The molecule has 176 valence electrons. The van der Waals surface area contributed by atoms with Crippen LogP contribution in [0.15, 0.2) is 93.5 Å². The summed E-state index contributed by atoms with van der Waals surface area (Å²) in [6, 6.07) is 21.6. The van der Waals surface area contributed by atoms with Gasteiger partial charge in [0.05, 0.1) is 16.3 Å². The number of nitrogens with zero attached hydrogens (tertiary/aromatic N) is 1. The molecular formula is C25H24N2O5S2. The molecule has 0 fully saturated rings. The molecule has 1 aliphatic rings. The molecule has 34 heavy (non-hydrogen) atoms. The predicted octanol–water partition coefficient (Wildman–Crippen LogP) is 4.36.